The molecule has 7 heteroatoms. The molecule has 0 spiro atoms. The molecule has 0 aromatic heterocycles. The monoisotopic (exact) mass is 362 g/mol. The quantitative estimate of drug-likeness (QED) is 0.447. The molecule has 0 bridgehead atoms. The topological polar surface area (TPSA) is 20.2 Å². The first-order chi connectivity index (χ1) is 7.62. The Bertz CT molecular complexity index is 229. The lowest BCUT2D eigenvalue weighted by Gasteiger charge is -2.40. The van der Waals surface area contributed by atoms with Gasteiger partial charge in [-0.05, 0) is 6.42 Å². The highest BCUT2D eigenvalue weighted by Gasteiger charge is 2.59. The third-order valence-electron chi connectivity index (χ3n) is 2.46. The molecule has 0 saturated heterocycles. The Morgan fingerprint density at radius 2 is 1.35 bits per heavy atom. The largest absolute Gasteiger partial charge is 0.393 e. The van der Waals surface area contributed by atoms with E-state index in [9.17, 15) is 0 Å². The first-order valence-electron chi connectivity index (χ1n) is 5.36. The van der Waals surface area contributed by atoms with Crippen molar-refractivity contribution in [2.75, 3.05) is 6.61 Å². The van der Waals surface area contributed by atoms with Gasteiger partial charge in [-0.15, -0.1) is 0 Å². The van der Waals surface area contributed by atoms with Crippen LogP contribution >= 0.6 is 69.6 Å². The van der Waals surface area contributed by atoms with Gasteiger partial charge in [-0.3, -0.25) is 0 Å². The molecule has 0 radical (unpaired) electrons. The van der Waals surface area contributed by atoms with Gasteiger partial charge in [0.25, 0.3) is 0 Å². The second kappa shape index (κ2) is 7.47. The van der Waals surface area contributed by atoms with Gasteiger partial charge in [-0.25, -0.2) is 0 Å². The molecule has 1 N–H and O–H groups in total. The molecule has 104 valence electrons. The van der Waals surface area contributed by atoms with Gasteiger partial charge in [0.2, 0.25) is 0 Å². The van der Waals surface area contributed by atoms with Crippen LogP contribution in [0.5, 0.6) is 0 Å². The van der Waals surface area contributed by atoms with Gasteiger partial charge in [0.15, 0.2) is 13.0 Å². The molecule has 0 rings (SSSR count). The van der Waals surface area contributed by atoms with E-state index in [1.165, 1.54) is 0 Å². The molecular weight excluding hydrogens is 349 g/mol. The van der Waals surface area contributed by atoms with E-state index < -0.39 is 19.6 Å². The summed E-state index contributed by atoms with van der Waals surface area (Å²) < 4.78 is -5.19. The molecule has 1 nitrogen and oxygen atoms in total. The van der Waals surface area contributed by atoms with E-state index in [0.717, 1.165) is 25.7 Å². The van der Waals surface area contributed by atoms with Gasteiger partial charge in [-0.1, -0.05) is 102 Å². The minimum atomic E-state index is -1.85. The van der Waals surface area contributed by atoms with Crippen molar-refractivity contribution in [2.45, 2.75) is 52.0 Å². The number of unbranched alkanes of at least 4 members (excludes halogenated alkanes) is 3. The van der Waals surface area contributed by atoms with Gasteiger partial charge in [-0.2, -0.15) is 0 Å². The molecule has 0 aliphatic rings. The summed E-state index contributed by atoms with van der Waals surface area (Å²) in [7, 11) is 0. The van der Waals surface area contributed by atoms with Crippen molar-refractivity contribution in [3.63, 3.8) is 0 Å². The number of hydrogen-bond donors (Lipinski definition) is 1. The molecular formula is C10H16Cl6O. The Kier molecular flexibility index (Phi) is 8.22. The summed E-state index contributed by atoms with van der Waals surface area (Å²) in [5, 5.41) is 9.05. The SMILES string of the molecule is CCCCCCC(Cl)(Cl)C(Cl)(Cl)C(Cl)(Cl)CO. The van der Waals surface area contributed by atoms with E-state index in [4.69, 9.17) is 74.7 Å². The second-order valence-corrected chi connectivity index (χ2v) is 8.25. The number of rotatable bonds is 8. The molecule has 0 aliphatic heterocycles. The van der Waals surface area contributed by atoms with E-state index in [-0.39, 0.29) is 0 Å². The second-order valence-electron chi connectivity index (χ2n) is 3.95. The molecule has 0 fully saturated rings. The maximum Gasteiger partial charge on any atom is 0.185 e. The average Bonchev–Trinajstić information content (AvgIpc) is 2.24. The van der Waals surface area contributed by atoms with Crippen LogP contribution in [-0.2, 0) is 0 Å². The van der Waals surface area contributed by atoms with Crippen LogP contribution in [0.3, 0.4) is 0 Å². The van der Waals surface area contributed by atoms with Gasteiger partial charge >= 0.3 is 0 Å². The highest BCUT2D eigenvalue weighted by Crippen LogP contribution is 2.55. The van der Waals surface area contributed by atoms with Crippen molar-refractivity contribution >= 4 is 69.6 Å². The summed E-state index contributed by atoms with van der Waals surface area (Å²) in [5.41, 5.74) is 0. The van der Waals surface area contributed by atoms with E-state index in [1.807, 2.05) is 0 Å². The lowest BCUT2D eigenvalue weighted by atomic mass is 10.1. The third-order valence-corrected chi connectivity index (χ3v) is 6.28. The number of aliphatic hydroxyl groups excluding tert-OH is 1. The fourth-order valence-electron chi connectivity index (χ4n) is 1.30. The number of alkyl halides is 6. The maximum atomic E-state index is 9.05. The third kappa shape index (κ3) is 4.95. The molecule has 0 amide bonds. The Hall–Kier alpha value is 1.70. The summed E-state index contributed by atoms with van der Waals surface area (Å²) in [6.45, 7) is 1.45. The minimum absolute atomic E-state index is 0.351. The molecule has 0 aromatic carbocycles. The van der Waals surface area contributed by atoms with E-state index in [0.29, 0.717) is 6.42 Å². The minimum Gasteiger partial charge on any atom is -0.393 e. The smallest absolute Gasteiger partial charge is 0.185 e. The number of aliphatic hydroxyl groups is 1. The predicted octanol–water partition coefficient (Wildman–Crippen LogP) is 5.47. The van der Waals surface area contributed by atoms with E-state index in [2.05, 4.69) is 6.92 Å². The Balaban J connectivity index is 4.56. The van der Waals surface area contributed by atoms with Gasteiger partial charge in [0, 0.05) is 0 Å². The molecule has 0 unspecified atom stereocenters. The van der Waals surface area contributed by atoms with Crippen molar-refractivity contribution in [3.05, 3.63) is 0 Å². The van der Waals surface area contributed by atoms with E-state index in [1.54, 1.807) is 0 Å². The number of halogens is 6. The summed E-state index contributed by atoms with van der Waals surface area (Å²) in [5.74, 6) is 0. The molecule has 0 aliphatic carbocycles. The maximum absolute atomic E-state index is 9.05. The normalized spacial score (nSPS) is 14.1. The van der Waals surface area contributed by atoms with Crippen LogP contribution in [0, 0.1) is 0 Å². The van der Waals surface area contributed by atoms with Crippen LogP contribution in [0.1, 0.15) is 39.0 Å². The van der Waals surface area contributed by atoms with Crippen molar-refractivity contribution in [2.24, 2.45) is 0 Å². The van der Waals surface area contributed by atoms with Crippen molar-refractivity contribution < 1.29 is 5.11 Å². The lowest BCUT2D eigenvalue weighted by molar-refractivity contribution is 0.264. The summed E-state index contributed by atoms with van der Waals surface area (Å²) in [6, 6.07) is 0. The standard InChI is InChI=1S/C10H16Cl6O/c1-2-3-4-5-6-8(11,12)10(15,16)9(13,14)7-17/h17H,2-7H2,1H3. The average molecular weight is 365 g/mol. The Morgan fingerprint density at radius 1 is 0.824 bits per heavy atom. The predicted molar refractivity (Wildman–Crippen MR) is 79.2 cm³/mol. The van der Waals surface area contributed by atoms with Gasteiger partial charge in [0.1, 0.15) is 0 Å². The molecule has 17 heavy (non-hydrogen) atoms. The molecule has 0 saturated carbocycles. The van der Waals surface area contributed by atoms with Crippen LogP contribution in [-0.4, -0.2) is 24.7 Å². The number of hydrogen-bond acceptors (Lipinski definition) is 1. The fraction of sp³-hybridized carbons (Fsp3) is 1.00. The highest BCUT2D eigenvalue weighted by atomic mass is 35.5. The Morgan fingerprint density at radius 3 is 1.76 bits per heavy atom. The first-order valence-corrected chi connectivity index (χ1v) is 7.63. The molecule has 0 aromatic rings. The summed E-state index contributed by atoms with van der Waals surface area (Å²) >= 11 is 35.8. The van der Waals surface area contributed by atoms with Crippen LogP contribution < -0.4 is 0 Å². The van der Waals surface area contributed by atoms with Gasteiger partial charge in [0.05, 0.1) is 6.61 Å². The van der Waals surface area contributed by atoms with Crippen molar-refractivity contribution in [1.29, 1.82) is 0 Å². The van der Waals surface area contributed by atoms with Crippen LogP contribution in [0.4, 0.5) is 0 Å². The van der Waals surface area contributed by atoms with Gasteiger partial charge < -0.3 is 5.11 Å². The van der Waals surface area contributed by atoms with Crippen LogP contribution in [0.15, 0.2) is 0 Å². The van der Waals surface area contributed by atoms with Crippen molar-refractivity contribution in [3.8, 4) is 0 Å². The van der Waals surface area contributed by atoms with Crippen LogP contribution in [0.25, 0.3) is 0 Å². The zero-order chi connectivity index (χ0) is 13.7. The highest BCUT2D eigenvalue weighted by molar-refractivity contribution is 6.69. The van der Waals surface area contributed by atoms with E-state index >= 15 is 0 Å². The summed E-state index contributed by atoms with van der Waals surface area (Å²) in [6.07, 6.45) is 4.25. The van der Waals surface area contributed by atoms with Crippen molar-refractivity contribution in [1.82, 2.24) is 0 Å². The molecule has 0 atom stereocenters. The Labute approximate surface area is 133 Å². The fourth-order valence-corrected chi connectivity index (χ4v) is 2.71. The summed E-state index contributed by atoms with van der Waals surface area (Å²) in [4.78, 5) is 0. The van der Waals surface area contributed by atoms with Crippen LogP contribution in [0.2, 0.25) is 0 Å². The molecule has 0 heterocycles. The lowest BCUT2D eigenvalue weighted by Crippen LogP contribution is -2.51. The zero-order valence-electron chi connectivity index (χ0n) is 9.46. The first kappa shape index (κ1) is 18.7. The zero-order valence-corrected chi connectivity index (χ0v) is 14.0.